The van der Waals surface area contributed by atoms with Crippen LogP contribution in [0.5, 0.6) is 0 Å². The Hall–Kier alpha value is -0.935. The van der Waals surface area contributed by atoms with Gasteiger partial charge in [0.05, 0.1) is 11.2 Å². The van der Waals surface area contributed by atoms with Crippen molar-refractivity contribution >= 4 is 12.6 Å². The first kappa shape index (κ1) is 13.1. The lowest BCUT2D eigenvalue weighted by atomic mass is 9.75. The van der Waals surface area contributed by atoms with Crippen molar-refractivity contribution in [1.82, 2.24) is 9.97 Å². The minimum atomic E-state index is -0.346. The van der Waals surface area contributed by atoms with Crippen molar-refractivity contribution in [1.29, 1.82) is 0 Å². The van der Waals surface area contributed by atoms with Crippen LogP contribution in [0.4, 0.5) is 0 Å². The second kappa shape index (κ2) is 4.03. The molecule has 0 aromatic carbocycles. The van der Waals surface area contributed by atoms with Crippen LogP contribution < -0.4 is 5.46 Å². The number of aryl methyl sites for hydroxylation is 1. The minimum Gasteiger partial charge on any atom is -0.399 e. The molecule has 102 valence electrons. The highest BCUT2D eigenvalue weighted by Gasteiger charge is 2.53. The molecular formula is C14H21BN2O2. The maximum Gasteiger partial charge on any atom is 0.498 e. The molecule has 1 aliphatic carbocycles. The molecule has 19 heavy (non-hydrogen) atoms. The molecule has 1 saturated carbocycles. The number of rotatable bonds is 2. The maximum absolute atomic E-state index is 6.15. The van der Waals surface area contributed by atoms with E-state index in [0.717, 1.165) is 16.9 Å². The second-order valence-electron chi connectivity index (χ2n) is 6.62. The normalized spacial score (nSPS) is 24.8. The molecule has 1 saturated heterocycles. The molecule has 0 bridgehead atoms. The van der Waals surface area contributed by atoms with Crippen LogP contribution in [-0.2, 0) is 9.31 Å². The quantitative estimate of drug-likeness (QED) is 0.762. The largest absolute Gasteiger partial charge is 0.498 e. The standard InChI is InChI=1S/C14H21BN2O2/c1-9-11(12(10-6-7-10)17-8-16-9)15-18-13(2,3)14(4,5)19-15/h8,10H,6-7H2,1-5H3. The summed E-state index contributed by atoms with van der Waals surface area (Å²) in [6.45, 7) is 10.3. The fourth-order valence-electron chi connectivity index (χ4n) is 2.44. The van der Waals surface area contributed by atoms with Crippen molar-refractivity contribution in [3.63, 3.8) is 0 Å². The fourth-order valence-corrected chi connectivity index (χ4v) is 2.44. The molecule has 0 amide bonds. The van der Waals surface area contributed by atoms with E-state index in [1.54, 1.807) is 6.33 Å². The Morgan fingerprint density at radius 2 is 1.68 bits per heavy atom. The van der Waals surface area contributed by atoms with Crippen molar-refractivity contribution in [2.75, 3.05) is 0 Å². The van der Waals surface area contributed by atoms with Crippen molar-refractivity contribution in [2.45, 2.75) is 64.6 Å². The van der Waals surface area contributed by atoms with Crippen LogP contribution >= 0.6 is 0 Å². The molecule has 4 nitrogen and oxygen atoms in total. The van der Waals surface area contributed by atoms with Crippen molar-refractivity contribution in [3.8, 4) is 0 Å². The van der Waals surface area contributed by atoms with E-state index in [4.69, 9.17) is 9.31 Å². The Kier molecular flexibility index (Phi) is 2.77. The molecule has 2 fully saturated rings. The lowest BCUT2D eigenvalue weighted by Gasteiger charge is -2.32. The van der Waals surface area contributed by atoms with E-state index in [-0.39, 0.29) is 18.3 Å². The highest BCUT2D eigenvalue weighted by atomic mass is 16.7. The van der Waals surface area contributed by atoms with E-state index < -0.39 is 0 Å². The molecule has 0 N–H and O–H groups in total. The van der Waals surface area contributed by atoms with Crippen LogP contribution in [0.3, 0.4) is 0 Å². The van der Waals surface area contributed by atoms with Crippen molar-refractivity contribution in [3.05, 3.63) is 17.7 Å². The van der Waals surface area contributed by atoms with Gasteiger partial charge < -0.3 is 9.31 Å². The summed E-state index contributed by atoms with van der Waals surface area (Å²) >= 11 is 0. The Bertz CT molecular complexity index is 496. The van der Waals surface area contributed by atoms with Crippen LogP contribution in [0.2, 0.25) is 0 Å². The van der Waals surface area contributed by atoms with Crippen molar-refractivity contribution < 1.29 is 9.31 Å². The third kappa shape index (κ3) is 2.09. The molecule has 0 radical (unpaired) electrons. The summed E-state index contributed by atoms with van der Waals surface area (Å²) in [6, 6.07) is 0. The van der Waals surface area contributed by atoms with Gasteiger partial charge in [0.15, 0.2) is 0 Å². The molecule has 5 heteroatoms. The predicted octanol–water partition coefficient (Wildman–Crippen LogP) is 1.96. The third-order valence-electron chi connectivity index (χ3n) is 4.57. The van der Waals surface area contributed by atoms with Gasteiger partial charge in [0.25, 0.3) is 0 Å². The van der Waals surface area contributed by atoms with Crippen LogP contribution in [0.15, 0.2) is 6.33 Å². The summed E-state index contributed by atoms with van der Waals surface area (Å²) in [7, 11) is -0.346. The molecule has 0 spiro atoms. The monoisotopic (exact) mass is 260 g/mol. The van der Waals surface area contributed by atoms with E-state index in [1.807, 2.05) is 6.92 Å². The fraction of sp³-hybridized carbons (Fsp3) is 0.714. The summed E-state index contributed by atoms with van der Waals surface area (Å²) in [5.74, 6) is 0.565. The summed E-state index contributed by atoms with van der Waals surface area (Å²) in [5.41, 5.74) is 2.49. The van der Waals surface area contributed by atoms with Gasteiger partial charge >= 0.3 is 7.12 Å². The van der Waals surface area contributed by atoms with E-state index in [0.29, 0.717) is 5.92 Å². The van der Waals surface area contributed by atoms with Gasteiger partial charge in [-0.2, -0.15) is 0 Å². The number of hydrogen-bond acceptors (Lipinski definition) is 4. The van der Waals surface area contributed by atoms with Gasteiger partial charge in [-0.25, -0.2) is 9.97 Å². The van der Waals surface area contributed by atoms with Gasteiger partial charge in [0, 0.05) is 22.8 Å². The van der Waals surface area contributed by atoms with Gasteiger partial charge in [0.2, 0.25) is 0 Å². The molecule has 3 rings (SSSR count). The van der Waals surface area contributed by atoms with Crippen molar-refractivity contribution in [2.24, 2.45) is 0 Å². The molecule has 0 atom stereocenters. The SMILES string of the molecule is Cc1ncnc(C2CC2)c1B1OC(C)(C)C(C)(C)O1. The van der Waals surface area contributed by atoms with E-state index in [9.17, 15) is 0 Å². The van der Waals surface area contributed by atoms with Crippen LogP contribution in [-0.4, -0.2) is 28.3 Å². The predicted molar refractivity (Wildman–Crippen MR) is 74.5 cm³/mol. The van der Waals surface area contributed by atoms with Gasteiger partial charge in [-0.3, -0.25) is 0 Å². The lowest BCUT2D eigenvalue weighted by molar-refractivity contribution is 0.00578. The Balaban J connectivity index is 2.00. The maximum atomic E-state index is 6.15. The first-order valence-corrected chi connectivity index (χ1v) is 6.99. The van der Waals surface area contributed by atoms with Gasteiger partial charge in [0.1, 0.15) is 6.33 Å². The smallest absolute Gasteiger partial charge is 0.399 e. The highest BCUT2D eigenvalue weighted by Crippen LogP contribution is 2.41. The zero-order valence-corrected chi connectivity index (χ0v) is 12.4. The number of aromatic nitrogens is 2. The average Bonchev–Trinajstić information content (AvgIpc) is 3.07. The molecule has 1 aromatic heterocycles. The van der Waals surface area contributed by atoms with Gasteiger partial charge in [-0.1, -0.05) is 0 Å². The first-order chi connectivity index (χ1) is 8.82. The molecule has 0 unspecified atom stereocenters. The van der Waals surface area contributed by atoms with E-state index in [2.05, 4.69) is 37.7 Å². The van der Waals surface area contributed by atoms with Gasteiger partial charge in [-0.15, -0.1) is 0 Å². The Labute approximate surface area is 115 Å². The molecule has 1 aromatic rings. The third-order valence-corrected chi connectivity index (χ3v) is 4.57. The molecular weight excluding hydrogens is 239 g/mol. The minimum absolute atomic E-state index is 0.319. The summed E-state index contributed by atoms with van der Waals surface area (Å²) in [4.78, 5) is 8.79. The average molecular weight is 260 g/mol. The first-order valence-electron chi connectivity index (χ1n) is 6.99. The lowest BCUT2D eigenvalue weighted by Crippen LogP contribution is -2.41. The molecule has 1 aliphatic heterocycles. The summed E-state index contributed by atoms with van der Waals surface area (Å²) in [5, 5.41) is 0. The zero-order valence-electron chi connectivity index (χ0n) is 12.4. The van der Waals surface area contributed by atoms with E-state index in [1.165, 1.54) is 12.8 Å². The summed E-state index contributed by atoms with van der Waals surface area (Å²) < 4.78 is 12.3. The van der Waals surface area contributed by atoms with E-state index >= 15 is 0 Å². The zero-order chi connectivity index (χ0) is 13.8. The topological polar surface area (TPSA) is 44.2 Å². The van der Waals surface area contributed by atoms with Crippen LogP contribution in [0, 0.1) is 6.92 Å². The Morgan fingerprint density at radius 1 is 1.11 bits per heavy atom. The number of hydrogen-bond donors (Lipinski definition) is 0. The molecule has 2 aliphatic rings. The Morgan fingerprint density at radius 3 is 2.21 bits per heavy atom. The van der Waals surface area contributed by atoms with Crippen LogP contribution in [0.25, 0.3) is 0 Å². The van der Waals surface area contributed by atoms with Crippen LogP contribution in [0.1, 0.15) is 57.8 Å². The summed E-state index contributed by atoms with van der Waals surface area (Å²) in [6.07, 6.45) is 4.07. The number of nitrogens with zero attached hydrogens (tertiary/aromatic N) is 2. The molecule has 2 heterocycles. The highest BCUT2D eigenvalue weighted by molar-refractivity contribution is 6.63. The second-order valence-corrected chi connectivity index (χ2v) is 6.62. The van der Waals surface area contributed by atoms with Gasteiger partial charge in [-0.05, 0) is 47.5 Å².